The highest BCUT2D eigenvalue weighted by Gasteiger charge is 2.22. The number of nitrogens with one attached hydrogen (secondary N) is 2. The lowest BCUT2D eigenvalue weighted by molar-refractivity contribution is 0.352. The van der Waals surface area contributed by atoms with Gasteiger partial charge in [0.15, 0.2) is 5.96 Å². The Kier molecular flexibility index (Phi) is 4.64. The minimum absolute atomic E-state index is 0.577. The van der Waals surface area contributed by atoms with E-state index in [-0.39, 0.29) is 0 Å². The SMILES string of the molecule is CN=C(NCC1CCc2nnc(C)n2C1)N(C)Cc1ccc[nH]1. The third kappa shape index (κ3) is 3.55. The Morgan fingerprint density at radius 1 is 1.52 bits per heavy atom. The second-order valence-corrected chi connectivity index (χ2v) is 6.16. The molecule has 0 aliphatic carbocycles. The fourth-order valence-electron chi connectivity index (χ4n) is 3.11. The zero-order valence-corrected chi connectivity index (χ0v) is 14.1. The van der Waals surface area contributed by atoms with Crippen molar-refractivity contribution < 1.29 is 0 Å². The van der Waals surface area contributed by atoms with Crippen LogP contribution in [0.2, 0.25) is 0 Å². The Morgan fingerprint density at radius 3 is 3.13 bits per heavy atom. The first-order chi connectivity index (χ1) is 11.2. The topological polar surface area (TPSA) is 74.1 Å². The summed E-state index contributed by atoms with van der Waals surface area (Å²) in [4.78, 5) is 9.75. The number of aliphatic imine (C=N–C) groups is 1. The summed E-state index contributed by atoms with van der Waals surface area (Å²) in [7, 11) is 3.88. The average Bonchev–Trinajstić information content (AvgIpc) is 3.18. The smallest absolute Gasteiger partial charge is 0.193 e. The van der Waals surface area contributed by atoms with Crippen LogP contribution in [0.3, 0.4) is 0 Å². The second-order valence-electron chi connectivity index (χ2n) is 6.16. The molecule has 1 atom stereocenters. The molecule has 3 heterocycles. The molecule has 7 nitrogen and oxygen atoms in total. The van der Waals surface area contributed by atoms with E-state index in [0.717, 1.165) is 50.1 Å². The predicted molar refractivity (Wildman–Crippen MR) is 90.2 cm³/mol. The number of rotatable bonds is 4. The largest absolute Gasteiger partial charge is 0.364 e. The van der Waals surface area contributed by atoms with Crippen LogP contribution in [0.25, 0.3) is 0 Å². The fourth-order valence-corrected chi connectivity index (χ4v) is 3.11. The van der Waals surface area contributed by atoms with Gasteiger partial charge in [0.2, 0.25) is 0 Å². The van der Waals surface area contributed by atoms with Gasteiger partial charge in [0.25, 0.3) is 0 Å². The van der Waals surface area contributed by atoms with Gasteiger partial charge in [0.1, 0.15) is 11.6 Å². The van der Waals surface area contributed by atoms with E-state index < -0.39 is 0 Å². The molecule has 0 saturated heterocycles. The van der Waals surface area contributed by atoms with Crippen molar-refractivity contribution in [2.24, 2.45) is 10.9 Å². The number of aromatic amines is 1. The number of hydrogen-bond acceptors (Lipinski definition) is 3. The van der Waals surface area contributed by atoms with Crippen molar-refractivity contribution in [3.8, 4) is 0 Å². The second kappa shape index (κ2) is 6.85. The first kappa shape index (κ1) is 15.6. The molecule has 2 aromatic rings. The highest BCUT2D eigenvalue weighted by molar-refractivity contribution is 5.79. The van der Waals surface area contributed by atoms with Gasteiger partial charge in [0, 0.05) is 45.5 Å². The lowest BCUT2D eigenvalue weighted by Gasteiger charge is -2.27. The van der Waals surface area contributed by atoms with Crippen LogP contribution in [-0.2, 0) is 19.5 Å². The number of fused-ring (bicyclic) bond motifs is 1. The summed E-state index contributed by atoms with van der Waals surface area (Å²) >= 11 is 0. The third-order valence-corrected chi connectivity index (χ3v) is 4.42. The molecular weight excluding hydrogens is 290 g/mol. The Labute approximate surface area is 136 Å². The van der Waals surface area contributed by atoms with Crippen molar-refractivity contribution in [3.63, 3.8) is 0 Å². The Bertz CT molecular complexity index is 656. The van der Waals surface area contributed by atoms with Gasteiger partial charge in [-0.1, -0.05) is 0 Å². The van der Waals surface area contributed by atoms with E-state index in [9.17, 15) is 0 Å². The summed E-state index contributed by atoms with van der Waals surface area (Å²) in [6.45, 7) is 4.73. The zero-order valence-electron chi connectivity index (χ0n) is 14.1. The maximum absolute atomic E-state index is 4.39. The standard InChI is InChI=1S/C16H25N7/c1-12-20-21-15-7-6-13(10-23(12)15)9-19-16(17-2)22(3)11-14-5-4-8-18-14/h4-5,8,13,18H,6-7,9-11H2,1-3H3,(H,17,19). The molecule has 1 unspecified atom stereocenters. The van der Waals surface area contributed by atoms with Crippen molar-refractivity contribution >= 4 is 5.96 Å². The summed E-state index contributed by atoms with van der Waals surface area (Å²) < 4.78 is 2.24. The van der Waals surface area contributed by atoms with E-state index in [2.05, 4.69) is 48.1 Å². The zero-order chi connectivity index (χ0) is 16.2. The number of aryl methyl sites for hydroxylation is 2. The normalized spacial score (nSPS) is 17.9. The number of aromatic nitrogens is 4. The molecule has 1 aliphatic rings. The van der Waals surface area contributed by atoms with E-state index >= 15 is 0 Å². The molecule has 124 valence electrons. The molecule has 1 aliphatic heterocycles. The van der Waals surface area contributed by atoms with E-state index in [4.69, 9.17) is 0 Å². The molecule has 7 heteroatoms. The molecule has 2 aromatic heterocycles. The van der Waals surface area contributed by atoms with E-state index in [1.54, 1.807) is 0 Å². The van der Waals surface area contributed by atoms with E-state index in [1.807, 2.05) is 26.2 Å². The van der Waals surface area contributed by atoms with Gasteiger partial charge in [0.05, 0.1) is 6.54 Å². The Hall–Kier alpha value is -2.31. The molecule has 0 saturated carbocycles. The minimum Gasteiger partial charge on any atom is -0.364 e. The van der Waals surface area contributed by atoms with Crippen LogP contribution in [0.1, 0.15) is 23.8 Å². The van der Waals surface area contributed by atoms with E-state index in [0.29, 0.717) is 5.92 Å². The number of guanidine groups is 1. The van der Waals surface area contributed by atoms with Gasteiger partial charge in [-0.25, -0.2) is 0 Å². The van der Waals surface area contributed by atoms with Crippen molar-refractivity contribution in [1.29, 1.82) is 0 Å². The summed E-state index contributed by atoms with van der Waals surface area (Å²) in [5.41, 5.74) is 1.18. The lowest BCUT2D eigenvalue weighted by Crippen LogP contribution is -2.42. The molecule has 3 rings (SSSR count). The van der Waals surface area contributed by atoms with Crippen LogP contribution in [0, 0.1) is 12.8 Å². The molecule has 0 amide bonds. The van der Waals surface area contributed by atoms with Crippen LogP contribution < -0.4 is 5.32 Å². The van der Waals surface area contributed by atoms with Crippen molar-refractivity contribution in [1.82, 2.24) is 30.0 Å². The summed E-state index contributed by atoms with van der Waals surface area (Å²) in [5.74, 6) is 3.63. The predicted octanol–water partition coefficient (Wildman–Crippen LogP) is 1.18. The van der Waals surface area contributed by atoms with Gasteiger partial charge >= 0.3 is 0 Å². The monoisotopic (exact) mass is 315 g/mol. The van der Waals surface area contributed by atoms with Gasteiger partial charge in [-0.3, -0.25) is 4.99 Å². The first-order valence-corrected chi connectivity index (χ1v) is 8.10. The van der Waals surface area contributed by atoms with Crippen LogP contribution >= 0.6 is 0 Å². The van der Waals surface area contributed by atoms with Crippen LogP contribution in [-0.4, -0.2) is 51.2 Å². The molecule has 0 radical (unpaired) electrons. The van der Waals surface area contributed by atoms with Gasteiger partial charge in [-0.15, -0.1) is 10.2 Å². The van der Waals surface area contributed by atoms with Crippen molar-refractivity contribution in [3.05, 3.63) is 35.7 Å². The number of H-pyrrole nitrogens is 1. The molecule has 2 N–H and O–H groups in total. The van der Waals surface area contributed by atoms with Crippen molar-refractivity contribution in [2.75, 3.05) is 20.6 Å². The van der Waals surface area contributed by atoms with Gasteiger partial charge in [-0.2, -0.15) is 0 Å². The number of nitrogens with zero attached hydrogens (tertiary/aromatic N) is 5. The van der Waals surface area contributed by atoms with Gasteiger partial charge < -0.3 is 19.8 Å². The fraction of sp³-hybridized carbons (Fsp3) is 0.562. The van der Waals surface area contributed by atoms with Crippen LogP contribution in [0.4, 0.5) is 0 Å². The Morgan fingerprint density at radius 2 is 2.39 bits per heavy atom. The van der Waals surface area contributed by atoms with Crippen LogP contribution in [0.15, 0.2) is 23.3 Å². The number of hydrogen-bond donors (Lipinski definition) is 2. The first-order valence-electron chi connectivity index (χ1n) is 8.10. The maximum Gasteiger partial charge on any atom is 0.193 e. The Balaban J connectivity index is 1.53. The molecular formula is C16H25N7. The highest BCUT2D eigenvalue weighted by atomic mass is 15.3. The molecule has 0 aromatic carbocycles. The quantitative estimate of drug-likeness (QED) is 0.656. The summed E-state index contributed by atoms with van der Waals surface area (Å²) in [5, 5.41) is 11.9. The third-order valence-electron chi connectivity index (χ3n) is 4.42. The molecule has 0 fully saturated rings. The minimum atomic E-state index is 0.577. The summed E-state index contributed by atoms with van der Waals surface area (Å²) in [6, 6.07) is 4.10. The van der Waals surface area contributed by atoms with E-state index in [1.165, 1.54) is 5.69 Å². The maximum atomic E-state index is 4.39. The lowest BCUT2D eigenvalue weighted by atomic mass is 9.99. The van der Waals surface area contributed by atoms with Gasteiger partial charge in [-0.05, 0) is 31.4 Å². The van der Waals surface area contributed by atoms with Crippen molar-refractivity contribution in [2.45, 2.75) is 32.9 Å². The molecule has 0 spiro atoms. The highest BCUT2D eigenvalue weighted by Crippen LogP contribution is 2.19. The molecule has 0 bridgehead atoms. The van der Waals surface area contributed by atoms with Crippen LogP contribution in [0.5, 0.6) is 0 Å². The summed E-state index contributed by atoms with van der Waals surface area (Å²) in [6.07, 6.45) is 4.09. The molecule has 23 heavy (non-hydrogen) atoms. The average molecular weight is 315 g/mol.